The fourth-order valence-corrected chi connectivity index (χ4v) is 7.50. The summed E-state index contributed by atoms with van der Waals surface area (Å²) in [5, 5.41) is 4.13. The lowest BCUT2D eigenvalue weighted by atomic mass is 9.99. The fraction of sp³-hybridized carbons (Fsp3) is 0.310. The van der Waals surface area contributed by atoms with Crippen molar-refractivity contribution in [1.82, 2.24) is 4.90 Å². The Balaban J connectivity index is 1.63. The van der Waals surface area contributed by atoms with Crippen molar-refractivity contribution in [2.45, 2.75) is 44.9 Å². The van der Waals surface area contributed by atoms with Gasteiger partial charge in [0.15, 0.2) is 10.3 Å². The van der Waals surface area contributed by atoms with Crippen LogP contribution in [-0.2, 0) is 6.42 Å². The number of rotatable bonds is 9. The highest BCUT2D eigenvalue weighted by Gasteiger charge is 2.44. The van der Waals surface area contributed by atoms with Gasteiger partial charge in [0.2, 0.25) is 0 Å². The lowest BCUT2D eigenvalue weighted by molar-refractivity contribution is -0.253. The molecule has 2 unspecified atom stereocenters. The first-order chi connectivity index (χ1) is 19.4. The normalized spacial score (nSPS) is 17.4. The van der Waals surface area contributed by atoms with Gasteiger partial charge in [0.1, 0.15) is 5.75 Å². The molecule has 0 aliphatic carbocycles. The standard InChI is InChI=1S/C29H27Br2F4N3OS2/c1-17(2)25-16-41-28(37-24(19-7-4-3-5-8-19)13-18-11-20(30)14-21(31)12-18)38(25)27(40)36-22-9-6-10-23(15-22)39-29(34,35)26(32)33/h3-12,14-15,17,24-26H,13,16H2,1-2H3,(H,36,40). The highest BCUT2D eigenvalue weighted by molar-refractivity contribution is 9.11. The molecule has 3 aromatic carbocycles. The smallest absolute Gasteiger partial charge is 0.428 e. The molecule has 1 aliphatic rings. The van der Waals surface area contributed by atoms with Gasteiger partial charge in [0, 0.05) is 26.5 Å². The Hall–Kier alpha value is -2.15. The molecule has 3 aromatic rings. The van der Waals surface area contributed by atoms with Crippen LogP contribution in [0, 0.1) is 5.92 Å². The second kappa shape index (κ2) is 13.9. The van der Waals surface area contributed by atoms with Crippen LogP contribution in [0.25, 0.3) is 0 Å². The molecule has 0 amide bonds. The van der Waals surface area contributed by atoms with Crippen LogP contribution in [0.3, 0.4) is 0 Å². The number of benzene rings is 3. The number of amidine groups is 1. The Bertz CT molecular complexity index is 1380. The van der Waals surface area contributed by atoms with Crippen LogP contribution < -0.4 is 10.1 Å². The minimum Gasteiger partial charge on any atom is -0.428 e. The van der Waals surface area contributed by atoms with Crippen molar-refractivity contribution in [3.63, 3.8) is 0 Å². The van der Waals surface area contributed by atoms with Crippen LogP contribution >= 0.6 is 55.8 Å². The Morgan fingerprint density at radius 3 is 2.39 bits per heavy atom. The molecular weight excluding hydrogens is 706 g/mol. The maximum Gasteiger partial charge on any atom is 0.461 e. The number of aliphatic imine (C=N–C) groups is 1. The van der Waals surface area contributed by atoms with Gasteiger partial charge in [0.05, 0.1) is 12.1 Å². The monoisotopic (exact) mass is 731 g/mol. The molecule has 1 heterocycles. The zero-order valence-electron chi connectivity index (χ0n) is 22.0. The molecule has 0 spiro atoms. The van der Waals surface area contributed by atoms with Gasteiger partial charge in [-0.15, -0.1) is 0 Å². The minimum atomic E-state index is -4.61. The molecule has 0 saturated carbocycles. The van der Waals surface area contributed by atoms with E-state index in [0.717, 1.165) is 31.0 Å². The summed E-state index contributed by atoms with van der Waals surface area (Å²) in [6.07, 6.45) is -7.92. The number of anilines is 1. The largest absolute Gasteiger partial charge is 0.461 e. The zero-order valence-corrected chi connectivity index (χ0v) is 26.8. The Labute approximate surface area is 263 Å². The van der Waals surface area contributed by atoms with E-state index >= 15 is 0 Å². The first-order valence-corrected chi connectivity index (χ1v) is 15.7. The topological polar surface area (TPSA) is 36.9 Å². The first kappa shape index (κ1) is 31.8. The number of hydrogen-bond donors (Lipinski definition) is 1. The van der Waals surface area contributed by atoms with Crippen molar-refractivity contribution in [2.24, 2.45) is 10.9 Å². The molecule has 2 atom stereocenters. The Morgan fingerprint density at radius 1 is 1.07 bits per heavy atom. The van der Waals surface area contributed by atoms with Gasteiger partial charge in [-0.2, -0.15) is 17.6 Å². The first-order valence-electron chi connectivity index (χ1n) is 12.7. The SMILES string of the molecule is CC(C)C1CSC(=NC(Cc2cc(Br)cc(Br)c2)c2ccccc2)N1C(=S)Nc1cccc(OC(F)(F)C(F)F)c1. The molecule has 41 heavy (non-hydrogen) atoms. The third-order valence-corrected chi connectivity index (χ3v) is 8.59. The van der Waals surface area contributed by atoms with Crippen molar-refractivity contribution in [3.8, 4) is 5.75 Å². The lowest BCUT2D eigenvalue weighted by Gasteiger charge is -2.30. The Kier molecular flexibility index (Phi) is 10.8. The van der Waals surface area contributed by atoms with Gasteiger partial charge in [-0.3, -0.25) is 9.89 Å². The lowest BCUT2D eigenvalue weighted by Crippen LogP contribution is -2.44. The molecule has 1 N–H and O–H groups in total. The van der Waals surface area contributed by atoms with Gasteiger partial charge < -0.3 is 10.1 Å². The van der Waals surface area contributed by atoms with E-state index in [9.17, 15) is 17.6 Å². The molecule has 0 bridgehead atoms. The maximum absolute atomic E-state index is 13.5. The van der Waals surface area contributed by atoms with E-state index in [1.807, 2.05) is 41.3 Å². The quantitative estimate of drug-likeness (QED) is 0.175. The number of alkyl halides is 4. The van der Waals surface area contributed by atoms with E-state index in [4.69, 9.17) is 17.2 Å². The average Bonchev–Trinajstić information content (AvgIpc) is 3.32. The van der Waals surface area contributed by atoms with Crippen LogP contribution in [0.2, 0.25) is 0 Å². The molecule has 0 radical (unpaired) electrons. The van der Waals surface area contributed by atoms with E-state index in [1.165, 1.54) is 18.2 Å². The van der Waals surface area contributed by atoms with Gasteiger partial charge in [-0.1, -0.05) is 93.9 Å². The Morgan fingerprint density at radius 2 is 1.76 bits per heavy atom. The summed E-state index contributed by atoms with van der Waals surface area (Å²) in [5.74, 6) is 0.578. The summed E-state index contributed by atoms with van der Waals surface area (Å²) in [6, 6.07) is 21.4. The zero-order chi connectivity index (χ0) is 29.7. The van der Waals surface area contributed by atoms with Crippen molar-refractivity contribution in [1.29, 1.82) is 0 Å². The predicted octanol–water partition coefficient (Wildman–Crippen LogP) is 9.56. The summed E-state index contributed by atoms with van der Waals surface area (Å²) in [4.78, 5) is 7.16. The van der Waals surface area contributed by atoms with Gasteiger partial charge in [0.25, 0.3) is 0 Å². The molecule has 218 valence electrons. The summed E-state index contributed by atoms with van der Waals surface area (Å²) < 4.78 is 58.4. The van der Waals surface area contributed by atoms with Gasteiger partial charge in [-0.05, 0) is 66.0 Å². The molecule has 4 rings (SSSR count). The molecule has 0 aromatic heterocycles. The summed E-state index contributed by atoms with van der Waals surface area (Å²) in [6.45, 7) is 4.19. The maximum atomic E-state index is 13.5. The van der Waals surface area contributed by atoms with Crippen molar-refractivity contribution >= 4 is 71.8 Å². The van der Waals surface area contributed by atoms with Crippen molar-refractivity contribution in [2.75, 3.05) is 11.1 Å². The highest BCUT2D eigenvalue weighted by atomic mass is 79.9. The van der Waals surface area contributed by atoms with E-state index in [0.29, 0.717) is 17.2 Å². The van der Waals surface area contributed by atoms with E-state index in [1.54, 1.807) is 17.8 Å². The summed E-state index contributed by atoms with van der Waals surface area (Å²) in [7, 11) is 0. The third-order valence-electron chi connectivity index (χ3n) is 6.30. The molecule has 4 nitrogen and oxygen atoms in total. The van der Waals surface area contributed by atoms with Crippen LogP contribution in [0.5, 0.6) is 5.75 Å². The molecule has 1 aliphatic heterocycles. The number of halogens is 6. The molecule has 12 heteroatoms. The molecular formula is C29H27Br2F4N3OS2. The van der Waals surface area contributed by atoms with Crippen LogP contribution in [-0.4, -0.2) is 39.5 Å². The third kappa shape index (κ3) is 8.46. The van der Waals surface area contributed by atoms with Gasteiger partial charge in [-0.25, -0.2) is 0 Å². The predicted molar refractivity (Wildman–Crippen MR) is 169 cm³/mol. The second-order valence-corrected chi connectivity index (χ2v) is 12.9. The van der Waals surface area contributed by atoms with Gasteiger partial charge >= 0.3 is 12.5 Å². The highest BCUT2D eigenvalue weighted by Crippen LogP contribution is 2.35. The van der Waals surface area contributed by atoms with Crippen molar-refractivity contribution < 1.29 is 22.3 Å². The second-order valence-electron chi connectivity index (χ2n) is 9.73. The number of nitrogens with one attached hydrogen (secondary N) is 1. The fourth-order valence-electron chi connectivity index (χ4n) is 4.29. The van der Waals surface area contributed by atoms with E-state index < -0.39 is 18.3 Å². The average molecular weight is 733 g/mol. The van der Waals surface area contributed by atoms with Crippen molar-refractivity contribution in [3.05, 3.63) is 92.9 Å². The van der Waals surface area contributed by atoms with Crippen LogP contribution in [0.4, 0.5) is 23.2 Å². The van der Waals surface area contributed by atoms with Crippen LogP contribution in [0.15, 0.2) is 86.7 Å². The number of thioether (sulfide) groups is 1. The number of thiocarbonyl (C=S) groups is 1. The minimum absolute atomic E-state index is 0.0257. The summed E-state index contributed by atoms with van der Waals surface area (Å²) in [5.41, 5.74) is 2.47. The number of nitrogens with zero attached hydrogens (tertiary/aromatic N) is 2. The number of ether oxygens (including phenoxy) is 1. The molecule has 1 saturated heterocycles. The summed E-state index contributed by atoms with van der Waals surface area (Å²) >= 11 is 14.5. The number of hydrogen-bond acceptors (Lipinski definition) is 4. The van der Waals surface area contributed by atoms with E-state index in [-0.39, 0.29) is 18.0 Å². The molecule has 1 fully saturated rings. The van der Waals surface area contributed by atoms with Crippen LogP contribution in [0.1, 0.15) is 31.0 Å². The van der Waals surface area contributed by atoms with E-state index in [2.05, 4.69) is 67.9 Å².